The second-order valence-corrected chi connectivity index (χ2v) is 7.00. The van der Waals surface area contributed by atoms with Crippen LogP contribution < -0.4 is 10.6 Å². The molecule has 4 N–H and O–H groups in total. The fourth-order valence-corrected chi connectivity index (χ4v) is 2.84. The van der Waals surface area contributed by atoms with Crippen LogP contribution in [0, 0.1) is 0 Å². The van der Waals surface area contributed by atoms with Gasteiger partial charge in [-0.25, -0.2) is 4.98 Å². The molecule has 1 aromatic heterocycles. The number of aromatic nitrogens is 2. The van der Waals surface area contributed by atoms with Crippen molar-refractivity contribution in [2.45, 2.75) is 38.0 Å². The normalized spacial score (nSPS) is 12.7. The van der Waals surface area contributed by atoms with Gasteiger partial charge in [0.1, 0.15) is 11.7 Å². The Hall–Kier alpha value is -2.82. The van der Waals surface area contributed by atoms with Gasteiger partial charge in [0.2, 0.25) is 5.91 Å². The minimum Gasteiger partial charge on any atom is -0.427 e. The summed E-state index contributed by atoms with van der Waals surface area (Å²) >= 11 is 0. The van der Waals surface area contributed by atoms with Crippen molar-refractivity contribution in [1.82, 2.24) is 15.3 Å². The molecule has 0 bridgehead atoms. The van der Waals surface area contributed by atoms with E-state index in [1.54, 1.807) is 13.0 Å². The van der Waals surface area contributed by atoms with Crippen molar-refractivity contribution in [2.24, 2.45) is 0 Å². The molecule has 2 unspecified atom stereocenters. The lowest BCUT2D eigenvalue weighted by atomic mass is 9.71. The molecule has 2 atom stereocenters. The molecular weight excluding hydrogens is 387 g/mol. The van der Waals surface area contributed by atoms with Crippen LogP contribution in [0.4, 0.5) is 5.69 Å². The molecule has 2 aromatic rings. The molecule has 160 valence electrons. The second kappa shape index (κ2) is 12.0. The number of benzene rings is 1. The number of ether oxygens (including phenoxy) is 1. The molecule has 0 spiro atoms. The van der Waals surface area contributed by atoms with Gasteiger partial charge in [-0.2, -0.15) is 0 Å². The lowest BCUT2D eigenvalue weighted by Crippen LogP contribution is -2.47. The SMILES string of the molecule is COCC(NC(=O)c1cnccn1)C(=O)Nc1ccccc1CCCC(C)B(O)O. The van der Waals surface area contributed by atoms with Gasteiger partial charge in [-0.05, 0) is 30.3 Å². The average molecular weight is 414 g/mol. The maximum absolute atomic E-state index is 12.8. The largest absolute Gasteiger partial charge is 0.454 e. The summed E-state index contributed by atoms with van der Waals surface area (Å²) in [6, 6.07) is 6.45. The molecular formula is C20H27BN4O5. The molecule has 0 radical (unpaired) electrons. The van der Waals surface area contributed by atoms with Crippen molar-refractivity contribution in [3.63, 3.8) is 0 Å². The van der Waals surface area contributed by atoms with Crippen LogP contribution in [0.25, 0.3) is 0 Å². The van der Waals surface area contributed by atoms with Crippen molar-refractivity contribution in [2.75, 3.05) is 19.0 Å². The molecule has 10 heteroatoms. The van der Waals surface area contributed by atoms with Crippen molar-refractivity contribution in [3.05, 3.63) is 54.1 Å². The third-order valence-electron chi connectivity index (χ3n) is 4.64. The predicted octanol–water partition coefficient (Wildman–Crippen LogP) is 1.05. The number of carbonyl (C=O) groups excluding carboxylic acids is 2. The highest BCUT2D eigenvalue weighted by molar-refractivity contribution is 6.42. The van der Waals surface area contributed by atoms with Gasteiger partial charge in [0.25, 0.3) is 5.91 Å². The van der Waals surface area contributed by atoms with Gasteiger partial charge in [-0.1, -0.05) is 31.5 Å². The van der Waals surface area contributed by atoms with Crippen molar-refractivity contribution in [3.8, 4) is 0 Å². The molecule has 1 aromatic carbocycles. The van der Waals surface area contributed by atoms with Crippen LogP contribution in [0.3, 0.4) is 0 Å². The van der Waals surface area contributed by atoms with Gasteiger partial charge in [0.15, 0.2) is 0 Å². The maximum atomic E-state index is 12.8. The number of nitrogens with one attached hydrogen (secondary N) is 2. The predicted molar refractivity (Wildman–Crippen MR) is 113 cm³/mol. The van der Waals surface area contributed by atoms with E-state index in [1.807, 2.05) is 18.2 Å². The average Bonchev–Trinajstić information content (AvgIpc) is 2.75. The molecule has 0 aliphatic heterocycles. The number of methoxy groups -OCH3 is 1. The highest BCUT2D eigenvalue weighted by Gasteiger charge is 2.23. The van der Waals surface area contributed by atoms with Gasteiger partial charge in [-0.3, -0.25) is 14.6 Å². The number of nitrogens with zero attached hydrogens (tertiary/aromatic N) is 2. The first-order chi connectivity index (χ1) is 14.4. The minimum absolute atomic E-state index is 0.00803. The van der Waals surface area contributed by atoms with Crippen LogP contribution in [0.2, 0.25) is 5.82 Å². The number of aryl methyl sites for hydroxylation is 1. The summed E-state index contributed by atoms with van der Waals surface area (Å²) in [5, 5.41) is 23.9. The van der Waals surface area contributed by atoms with Crippen LogP contribution >= 0.6 is 0 Å². The van der Waals surface area contributed by atoms with Crippen LogP contribution in [0.1, 0.15) is 35.8 Å². The van der Waals surface area contributed by atoms with Crippen LogP contribution in [-0.4, -0.2) is 58.7 Å². The topological polar surface area (TPSA) is 134 Å². The van der Waals surface area contributed by atoms with Crippen molar-refractivity contribution < 1.29 is 24.4 Å². The van der Waals surface area contributed by atoms with Crippen molar-refractivity contribution >= 4 is 24.6 Å². The summed E-state index contributed by atoms with van der Waals surface area (Å²) in [6.45, 7) is 1.76. The fourth-order valence-electron chi connectivity index (χ4n) is 2.84. The monoisotopic (exact) mass is 414 g/mol. The Balaban J connectivity index is 2.02. The first-order valence-corrected chi connectivity index (χ1v) is 9.73. The fraction of sp³-hybridized carbons (Fsp3) is 0.400. The van der Waals surface area contributed by atoms with Crippen LogP contribution in [0.5, 0.6) is 0 Å². The summed E-state index contributed by atoms with van der Waals surface area (Å²) < 4.78 is 5.08. The standard InChI is InChI=1S/C20H27BN4O5/c1-14(21(28)29)6-5-8-15-7-3-4-9-16(15)24-20(27)18(13-30-2)25-19(26)17-12-22-10-11-23-17/h3-4,7,9-12,14,18,28-29H,5-6,8,13H2,1-2H3,(H,24,27)(H,25,26). The zero-order valence-corrected chi connectivity index (χ0v) is 17.1. The number of amides is 2. The van der Waals surface area contributed by atoms with E-state index >= 15 is 0 Å². The molecule has 9 nitrogen and oxygen atoms in total. The third kappa shape index (κ3) is 7.22. The van der Waals surface area contributed by atoms with E-state index in [0.29, 0.717) is 18.5 Å². The lowest BCUT2D eigenvalue weighted by molar-refractivity contribution is -0.119. The van der Waals surface area contributed by atoms with Crippen LogP contribution in [0.15, 0.2) is 42.9 Å². The number of hydrogen-bond acceptors (Lipinski definition) is 7. The summed E-state index contributed by atoms with van der Waals surface area (Å²) in [4.78, 5) is 32.9. The number of para-hydroxylation sites is 1. The number of carbonyl (C=O) groups is 2. The van der Waals surface area contributed by atoms with E-state index in [-0.39, 0.29) is 18.1 Å². The van der Waals surface area contributed by atoms with Crippen LogP contribution in [-0.2, 0) is 16.0 Å². The Labute approximate surface area is 176 Å². The second-order valence-electron chi connectivity index (χ2n) is 7.00. The number of hydrogen-bond donors (Lipinski definition) is 4. The molecule has 0 aliphatic carbocycles. The van der Waals surface area contributed by atoms with E-state index < -0.39 is 25.0 Å². The van der Waals surface area contributed by atoms with E-state index in [1.165, 1.54) is 25.7 Å². The molecule has 2 amide bonds. The van der Waals surface area contributed by atoms with E-state index in [2.05, 4.69) is 20.6 Å². The molecule has 0 fully saturated rings. The smallest absolute Gasteiger partial charge is 0.427 e. The van der Waals surface area contributed by atoms with Gasteiger partial charge in [-0.15, -0.1) is 0 Å². The Morgan fingerprint density at radius 3 is 2.67 bits per heavy atom. The molecule has 1 heterocycles. The summed E-state index contributed by atoms with van der Waals surface area (Å²) in [6.07, 6.45) is 6.20. The first-order valence-electron chi connectivity index (χ1n) is 9.73. The Morgan fingerprint density at radius 2 is 2.00 bits per heavy atom. The first kappa shape index (κ1) is 23.5. The maximum Gasteiger partial charge on any atom is 0.454 e. The summed E-state index contributed by atoms with van der Waals surface area (Å²) in [7, 11) is 0.104. The quantitative estimate of drug-likeness (QED) is 0.404. The molecule has 30 heavy (non-hydrogen) atoms. The Kier molecular flexibility index (Phi) is 9.39. The summed E-state index contributed by atoms with van der Waals surface area (Å²) in [5.41, 5.74) is 1.66. The van der Waals surface area contributed by atoms with E-state index in [0.717, 1.165) is 12.0 Å². The summed E-state index contributed by atoms with van der Waals surface area (Å²) in [5.74, 6) is -1.17. The van der Waals surface area contributed by atoms with E-state index in [9.17, 15) is 19.6 Å². The number of anilines is 1. The zero-order valence-electron chi connectivity index (χ0n) is 17.1. The van der Waals surface area contributed by atoms with E-state index in [4.69, 9.17) is 4.74 Å². The van der Waals surface area contributed by atoms with Gasteiger partial charge in [0.05, 0.1) is 12.8 Å². The minimum atomic E-state index is -1.34. The Morgan fingerprint density at radius 1 is 1.23 bits per heavy atom. The highest BCUT2D eigenvalue weighted by atomic mass is 16.5. The zero-order chi connectivity index (χ0) is 21.9. The van der Waals surface area contributed by atoms with Crippen molar-refractivity contribution in [1.29, 1.82) is 0 Å². The highest BCUT2D eigenvalue weighted by Crippen LogP contribution is 2.21. The molecule has 0 saturated carbocycles. The molecule has 0 aliphatic rings. The molecule has 2 rings (SSSR count). The number of rotatable bonds is 11. The third-order valence-corrected chi connectivity index (χ3v) is 4.64. The molecule has 0 saturated heterocycles. The Bertz CT molecular complexity index is 822. The van der Waals surface area contributed by atoms with Gasteiger partial charge in [0, 0.05) is 25.2 Å². The van der Waals surface area contributed by atoms with Gasteiger partial charge < -0.3 is 25.4 Å². The van der Waals surface area contributed by atoms with Gasteiger partial charge >= 0.3 is 7.12 Å². The lowest BCUT2D eigenvalue weighted by Gasteiger charge is -2.19.